The number of aromatic nitrogens is 1. The van der Waals surface area contributed by atoms with Crippen LogP contribution in [0.3, 0.4) is 0 Å². The van der Waals surface area contributed by atoms with E-state index in [1.165, 1.54) is 85.9 Å². The van der Waals surface area contributed by atoms with Crippen LogP contribution >= 0.6 is 11.3 Å². The van der Waals surface area contributed by atoms with Gasteiger partial charge in [0.2, 0.25) is 0 Å². The molecule has 0 amide bonds. The number of thiophene rings is 1. The molecule has 0 aliphatic heterocycles. The summed E-state index contributed by atoms with van der Waals surface area (Å²) in [5.74, 6) is 0. The van der Waals surface area contributed by atoms with Gasteiger partial charge in [0, 0.05) is 60.1 Å². The van der Waals surface area contributed by atoms with Gasteiger partial charge >= 0.3 is 0 Å². The molecule has 64 heavy (non-hydrogen) atoms. The number of para-hydroxylation sites is 1. The predicted molar refractivity (Wildman–Crippen MR) is 278 cm³/mol. The van der Waals surface area contributed by atoms with Crippen LogP contribution < -0.4 is 9.80 Å². The summed E-state index contributed by atoms with van der Waals surface area (Å²) in [6.45, 7) is 13.7. The summed E-state index contributed by atoms with van der Waals surface area (Å²) in [5.41, 5.74) is 12.2. The van der Waals surface area contributed by atoms with Crippen LogP contribution in [0.1, 0.15) is 52.7 Å². The minimum Gasteiger partial charge on any atom is -0.310 e. The molecule has 0 aliphatic rings. The molecule has 12 rings (SSSR count). The second-order valence-corrected chi connectivity index (χ2v) is 20.5. The zero-order valence-corrected chi connectivity index (χ0v) is 38.0. The van der Waals surface area contributed by atoms with Crippen molar-refractivity contribution in [2.24, 2.45) is 0 Å². The van der Waals surface area contributed by atoms with Crippen molar-refractivity contribution in [2.45, 2.75) is 52.4 Å². The third-order valence-electron chi connectivity index (χ3n) is 13.4. The molecular weight excluding hydrogens is 795 g/mol. The molecule has 3 nitrogen and oxygen atoms in total. The molecule has 3 aromatic heterocycles. The van der Waals surface area contributed by atoms with E-state index in [0.717, 1.165) is 28.4 Å². The molecular formula is C60H49N3S. The van der Waals surface area contributed by atoms with E-state index in [2.05, 4.69) is 244 Å². The molecule has 9 aromatic carbocycles. The highest BCUT2D eigenvalue weighted by atomic mass is 32.1. The van der Waals surface area contributed by atoms with Gasteiger partial charge in [-0.25, -0.2) is 0 Å². The molecule has 0 bridgehead atoms. The van der Waals surface area contributed by atoms with Crippen LogP contribution in [0.15, 0.2) is 188 Å². The fourth-order valence-corrected chi connectivity index (χ4v) is 11.3. The minimum absolute atomic E-state index is 0.0563. The topological polar surface area (TPSA) is 10.9 Å². The lowest BCUT2D eigenvalue weighted by Gasteiger charge is -2.28. The zero-order chi connectivity index (χ0) is 43.5. The number of hydrogen-bond donors (Lipinski definition) is 0. The first-order valence-electron chi connectivity index (χ1n) is 22.4. The average Bonchev–Trinajstić information content (AvgIpc) is 3.95. The van der Waals surface area contributed by atoms with Gasteiger partial charge in [0.1, 0.15) is 4.83 Å². The van der Waals surface area contributed by atoms with Crippen LogP contribution in [-0.2, 0) is 10.8 Å². The Balaban J connectivity index is 1.07. The zero-order valence-electron chi connectivity index (χ0n) is 37.1. The monoisotopic (exact) mass is 843 g/mol. The van der Waals surface area contributed by atoms with E-state index in [1.54, 1.807) is 0 Å². The second-order valence-electron chi connectivity index (χ2n) is 19.5. The van der Waals surface area contributed by atoms with E-state index >= 15 is 0 Å². The van der Waals surface area contributed by atoms with Crippen molar-refractivity contribution in [1.82, 2.24) is 4.40 Å². The minimum atomic E-state index is 0.0563. The van der Waals surface area contributed by atoms with Gasteiger partial charge in [0.15, 0.2) is 0 Å². The Morgan fingerprint density at radius 1 is 0.391 bits per heavy atom. The van der Waals surface area contributed by atoms with Crippen LogP contribution in [0.25, 0.3) is 69.0 Å². The second kappa shape index (κ2) is 14.2. The third-order valence-corrected chi connectivity index (χ3v) is 14.5. The average molecular weight is 844 g/mol. The summed E-state index contributed by atoms with van der Waals surface area (Å²) in [4.78, 5) is 6.17. The largest absolute Gasteiger partial charge is 0.310 e. The number of hydrogen-bond acceptors (Lipinski definition) is 3. The van der Waals surface area contributed by atoms with Crippen molar-refractivity contribution in [3.8, 4) is 0 Å². The number of nitrogens with zero attached hydrogens (tertiary/aromatic N) is 3. The van der Waals surface area contributed by atoms with Crippen molar-refractivity contribution in [3.63, 3.8) is 0 Å². The van der Waals surface area contributed by atoms with Crippen molar-refractivity contribution < 1.29 is 0 Å². The molecule has 0 saturated heterocycles. The SMILES string of the molecule is CC(C)(C)c1ccc(N(c2ccc3ccccc3c2)c2ccc3c(c2)sc2c3c3ccc(N(c4ccc(C(C)(C)C)cc4)c4ccc5ccccc5c4)c4c5ccccc5n2c34)cc1. The molecule has 3 heterocycles. The maximum Gasteiger partial charge on any atom is 0.109 e. The van der Waals surface area contributed by atoms with Crippen LogP contribution in [0, 0.1) is 0 Å². The normalized spacial score (nSPS) is 12.5. The predicted octanol–water partition coefficient (Wildman–Crippen LogP) is 17.9. The Labute approximate surface area is 378 Å². The van der Waals surface area contributed by atoms with Gasteiger partial charge < -0.3 is 9.80 Å². The molecule has 4 heteroatoms. The molecule has 0 atom stereocenters. The quantitative estimate of drug-likeness (QED) is 0.165. The van der Waals surface area contributed by atoms with Gasteiger partial charge in [-0.3, -0.25) is 4.40 Å². The summed E-state index contributed by atoms with van der Waals surface area (Å²) in [6.07, 6.45) is 0. The van der Waals surface area contributed by atoms with Crippen LogP contribution in [-0.4, -0.2) is 4.40 Å². The molecule has 0 saturated carbocycles. The van der Waals surface area contributed by atoms with Gasteiger partial charge in [-0.1, -0.05) is 157 Å². The Morgan fingerprint density at radius 3 is 1.48 bits per heavy atom. The lowest BCUT2D eigenvalue weighted by Crippen LogP contribution is -2.13. The van der Waals surface area contributed by atoms with E-state index in [0.29, 0.717) is 0 Å². The Kier molecular flexibility index (Phi) is 8.54. The Morgan fingerprint density at radius 2 is 0.875 bits per heavy atom. The van der Waals surface area contributed by atoms with Gasteiger partial charge in [-0.15, -0.1) is 11.3 Å². The molecule has 0 spiro atoms. The first-order chi connectivity index (χ1) is 31.0. The summed E-state index contributed by atoms with van der Waals surface area (Å²) in [7, 11) is 0. The molecule has 12 aromatic rings. The lowest BCUT2D eigenvalue weighted by molar-refractivity contribution is 0.590. The summed E-state index contributed by atoms with van der Waals surface area (Å²) in [6, 6.07) is 70.2. The van der Waals surface area contributed by atoms with E-state index in [1.807, 2.05) is 11.3 Å². The number of rotatable bonds is 6. The van der Waals surface area contributed by atoms with E-state index in [-0.39, 0.29) is 10.8 Å². The molecule has 0 fully saturated rings. The van der Waals surface area contributed by atoms with Crippen molar-refractivity contribution in [1.29, 1.82) is 0 Å². The van der Waals surface area contributed by atoms with E-state index in [4.69, 9.17) is 0 Å². The van der Waals surface area contributed by atoms with Crippen molar-refractivity contribution in [3.05, 3.63) is 199 Å². The van der Waals surface area contributed by atoms with Crippen molar-refractivity contribution >= 4 is 115 Å². The summed E-state index contributed by atoms with van der Waals surface area (Å²) < 4.78 is 3.83. The standard InChI is InChI=1S/C60H49N3S/c1-59(2,3)42-21-27-44(28-22-42)61(46-25-19-38-13-7-9-15-40(38)35-46)48-31-32-50-54(37-48)64-58-55(50)51-33-34-53(56-49-17-11-12-18-52(49)63(58)57(51)56)62(45-29-23-43(24-30-45)60(4,5)6)47-26-20-39-14-8-10-16-41(39)36-47/h7-37H,1-6H3. The van der Waals surface area contributed by atoms with E-state index < -0.39 is 0 Å². The molecule has 0 aliphatic carbocycles. The number of fused-ring (bicyclic) bond motifs is 10. The highest BCUT2D eigenvalue weighted by Gasteiger charge is 2.27. The van der Waals surface area contributed by atoms with Gasteiger partial charge in [0.25, 0.3) is 0 Å². The Hall–Kier alpha value is -7.14. The molecule has 310 valence electrons. The first-order valence-corrected chi connectivity index (χ1v) is 23.2. The van der Waals surface area contributed by atoms with Gasteiger partial charge in [-0.05, 0) is 116 Å². The number of benzene rings is 9. The van der Waals surface area contributed by atoms with Gasteiger partial charge in [-0.2, -0.15) is 0 Å². The number of anilines is 6. The maximum atomic E-state index is 2.55. The van der Waals surface area contributed by atoms with Crippen LogP contribution in [0.4, 0.5) is 34.1 Å². The van der Waals surface area contributed by atoms with Crippen molar-refractivity contribution in [2.75, 3.05) is 9.80 Å². The fourth-order valence-electron chi connectivity index (χ4n) is 10.0. The lowest BCUT2D eigenvalue weighted by atomic mass is 9.87. The molecule has 0 radical (unpaired) electrons. The van der Waals surface area contributed by atoms with E-state index in [9.17, 15) is 0 Å². The summed E-state index contributed by atoms with van der Waals surface area (Å²) >= 11 is 1.90. The fraction of sp³-hybridized carbons (Fsp3) is 0.133. The third kappa shape index (κ3) is 6.07. The first kappa shape index (κ1) is 38.5. The summed E-state index contributed by atoms with van der Waals surface area (Å²) in [5, 5.41) is 11.4. The highest BCUT2D eigenvalue weighted by Crippen LogP contribution is 2.51. The highest BCUT2D eigenvalue weighted by molar-refractivity contribution is 7.25. The van der Waals surface area contributed by atoms with Gasteiger partial charge in [0.05, 0.1) is 16.7 Å². The van der Waals surface area contributed by atoms with Crippen LogP contribution in [0.2, 0.25) is 0 Å². The molecule has 0 N–H and O–H groups in total. The molecule has 0 unspecified atom stereocenters. The maximum absolute atomic E-state index is 2.55. The Bertz CT molecular complexity index is 3740. The smallest absolute Gasteiger partial charge is 0.109 e. The van der Waals surface area contributed by atoms with Crippen LogP contribution in [0.5, 0.6) is 0 Å².